The van der Waals surface area contributed by atoms with Crippen LogP contribution in [0.15, 0.2) is 24.3 Å². The van der Waals surface area contributed by atoms with Gasteiger partial charge in [0.1, 0.15) is 0 Å². The maximum absolute atomic E-state index is 11.7. The van der Waals surface area contributed by atoms with Crippen molar-refractivity contribution in [2.45, 2.75) is 45.1 Å². The average Bonchev–Trinajstić information content (AvgIpc) is 2.64. The first-order valence-electron chi connectivity index (χ1n) is 9.64. The van der Waals surface area contributed by atoms with E-state index in [1.165, 1.54) is 49.8 Å². The largest absolute Gasteiger partial charge is 0.362 e. The van der Waals surface area contributed by atoms with Crippen molar-refractivity contribution in [2.75, 3.05) is 42.6 Å². The summed E-state index contributed by atoms with van der Waals surface area (Å²) in [5.41, 5.74) is 1.36. The molecule has 1 heterocycles. The van der Waals surface area contributed by atoms with E-state index in [-0.39, 0.29) is 0 Å². The fourth-order valence-corrected chi connectivity index (χ4v) is 4.16. The van der Waals surface area contributed by atoms with Gasteiger partial charge in [-0.05, 0) is 62.6 Å². The van der Waals surface area contributed by atoms with Crippen molar-refractivity contribution in [1.82, 2.24) is 10.2 Å². The minimum Gasteiger partial charge on any atom is -0.362 e. The lowest BCUT2D eigenvalue weighted by Crippen LogP contribution is -2.40. The summed E-state index contributed by atoms with van der Waals surface area (Å²) >= 11 is 5.37. The molecule has 8 heteroatoms. The van der Waals surface area contributed by atoms with Crippen LogP contribution in [0.5, 0.6) is 0 Å². The lowest BCUT2D eigenvalue weighted by molar-refractivity contribution is 0.143. The van der Waals surface area contributed by atoms with Gasteiger partial charge in [-0.3, -0.25) is 4.31 Å². The molecule has 1 atom stereocenters. The molecule has 0 radical (unpaired) electrons. The van der Waals surface area contributed by atoms with E-state index in [1.54, 1.807) is 12.1 Å². The van der Waals surface area contributed by atoms with Crippen molar-refractivity contribution in [1.29, 1.82) is 0 Å². The number of hydrogen-bond donors (Lipinski definition) is 2. The van der Waals surface area contributed by atoms with Crippen LogP contribution in [0.3, 0.4) is 0 Å². The summed E-state index contributed by atoms with van der Waals surface area (Å²) in [6.45, 7) is 5.40. The number of piperidine rings is 1. The van der Waals surface area contributed by atoms with Gasteiger partial charge >= 0.3 is 0 Å². The van der Waals surface area contributed by atoms with Crippen LogP contribution in [-0.2, 0) is 10.0 Å². The molecule has 27 heavy (non-hydrogen) atoms. The molecule has 0 saturated carbocycles. The van der Waals surface area contributed by atoms with Gasteiger partial charge in [0, 0.05) is 31.9 Å². The van der Waals surface area contributed by atoms with Crippen molar-refractivity contribution in [2.24, 2.45) is 0 Å². The summed E-state index contributed by atoms with van der Waals surface area (Å²) in [5, 5.41) is 6.93. The molecule has 1 aromatic rings. The predicted molar refractivity (Wildman–Crippen MR) is 118 cm³/mol. The highest BCUT2D eigenvalue weighted by atomic mass is 32.2. The van der Waals surface area contributed by atoms with Gasteiger partial charge in [-0.2, -0.15) is 0 Å². The van der Waals surface area contributed by atoms with Crippen LogP contribution in [0.25, 0.3) is 0 Å². The highest BCUT2D eigenvalue weighted by molar-refractivity contribution is 7.92. The third-order valence-corrected chi connectivity index (χ3v) is 6.55. The Morgan fingerprint density at radius 1 is 1.37 bits per heavy atom. The second-order valence-corrected chi connectivity index (χ2v) is 9.53. The molecule has 0 spiro atoms. The van der Waals surface area contributed by atoms with Crippen LogP contribution < -0.4 is 14.9 Å². The number of anilines is 2. The molecular weight excluding hydrogens is 380 g/mol. The fourth-order valence-electron chi connectivity index (χ4n) is 3.45. The van der Waals surface area contributed by atoms with Crippen molar-refractivity contribution < 1.29 is 8.42 Å². The van der Waals surface area contributed by atoms with Crippen molar-refractivity contribution in [3.05, 3.63) is 24.3 Å². The van der Waals surface area contributed by atoms with Gasteiger partial charge < -0.3 is 15.5 Å². The second kappa shape index (κ2) is 10.2. The molecule has 1 saturated heterocycles. The smallest absolute Gasteiger partial charge is 0.231 e. The summed E-state index contributed by atoms with van der Waals surface area (Å²) < 4.78 is 24.6. The Hall–Kier alpha value is -1.38. The Labute approximate surface area is 169 Å². The standard InChI is InChI=1S/C19H32N4O2S2/c1-4-17-10-5-6-13-23(17)14-8-12-20-19(26)21-16-9-7-11-18(15-16)22(2)27(3,24)25/h7,9,11,15,17H,4-6,8,10,12-14H2,1-3H3,(H2,20,21,26). The van der Waals surface area contributed by atoms with Crippen molar-refractivity contribution in [3.8, 4) is 0 Å². The van der Waals surface area contributed by atoms with Gasteiger partial charge in [-0.25, -0.2) is 8.42 Å². The van der Waals surface area contributed by atoms with Crippen molar-refractivity contribution >= 4 is 38.7 Å². The lowest BCUT2D eigenvalue weighted by atomic mass is 10.00. The minimum atomic E-state index is -3.28. The van der Waals surface area contributed by atoms with Crippen LogP contribution in [-0.4, -0.2) is 57.4 Å². The number of benzene rings is 1. The number of nitrogens with zero attached hydrogens (tertiary/aromatic N) is 2. The van der Waals surface area contributed by atoms with Gasteiger partial charge in [0.05, 0.1) is 11.9 Å². The average molecular weight is 413 g/mol. The van der Waals surface area contributed by atoms with Gasteiger partial charge in [-0.1, -0.05) is 19.4 Å². The Morgan fingerprint density at radius 2 is 2.15 bits per heavy atom. The molecule has 0 aliphatic carbocycles. The van der Waals surface area contributed by atoms with Gasteiger partial charge in [0.25, 0.3) is 0 Å². The molecule has 0 amide bonds. The Kier molecular flexibility index (Phi) is 8.31. The molecular formula is C19H32N4O2S2. The minimum absolute atomic E-state index is 0.555. The van der Waals surface area contributed by atoms with E-state index >= 15 is 0 Å². The number of sulfonamides is 1. The predicted octanol–water partition coefficient (Wildman–Crippen LogP) is 3.02. The summed E-state index contributed by atoms with van der Waals surface area (Å²) in [6, 6.07) is 7.94. The molecule has 1 fully saturated rings. The Morgan fingerprint density at radius 3 is 2.85 bits per heavy atom. The molecule has 0 bridgehead atoms. The van der Waals surface area contributed by atoms with E-state index in [4.69, 9.17) is 12.2 Å². The maximum atomic E-state index is 11.7. The summed E-state index contributed by atoms with van der Waals surface area (Å²) in [4.78, 5) is 2.60. The van der Waals surface area contributed by atoms with E-state index in [0.717, 1.165) is 31.2 Å². The number of rotatable bonds is 8. The summed E-state index contributed by atoms with van der Waals surface area (Å²) in [5.74, 6) is 0. The zero-order valence-electron chi connectivity index (χ0n) is 16.6. The van der Waals surface area contributed by atoms with Crippen molar-refractivity contribution in [3.63, 3.8) is 0 Å². The summed E-state index contributed by atoms with van der Waals surface area (Å²) in [7, 11) is -1.75. The Balaban J connectivity index is 1.77. The quantitative estimate of drug-likeness (QED) is 0.505. The molecule has 1 aromatic carbocycles. The number of thiocarbonyl (C=S) groups is 1. The molecule has 1 aliphatic rings. The molecule has 2 rings (SSSR count). The number of nitrogens with one attached hydrogen (secondary N) is 2. The topological polar surface area (TPSA) is 64.7 Å². The third kappa shape index (κ3) is 6.93. The molecule has 152 valence electrons. The van der Waals surface area contributed by atoms with E-state index in [2.05, 4.69) is 22.5 Å². The Bertz CT molecular complexity index is 724. The van der Waals surface area contributed by atoms with Crippen LogP contribution in [0, 0.1) is 0 Å². The van der Waals surface area contributed by atoms with E-state index in [0.29, 0.717) is 10.8 Å². The van der Waals surface area contributed by atoms with Gasteiger partial charge in [-0.15, -0.1) is 0 Å². The van der Waals surface area contributed by atoms with Crippen LogP contribution in [0.1, 0.15) is 39.0 Å². The number of hydrogen-bond acceptors (Lipinski definition) is 4. The molecule has 1 unspecified atom stereocenters. The third-order valence-electron chi connectivity index (χ3n) is 5.09. The monoisotopic (exact) mass is 412 g/mol. The molecule has 6 nitrogen and oxygen atoms in total. The maximum Gasteiger partial charge on any atom is 0.231 e. The van der Waals surface area contributed by atoms with Crippen LogP contribution in [0.2, 0.25) is 0 Å². The first-order valence-corrected chi connectivity index (χ1v) is 11.9. The van der Waals surface area contributed by atoms with Crippen LogP contribution >= 0.6 is 12.2 Å². The first-order chi connectivity index (χ1) is 12.8. The highest BCUT2D eigenvalue weighted by Crippen LogP contribution is 2.21. The zero-order chi connectivity index (χ0) is 19.9. The highest BCUT2D eigenvalue weighted by Gasteiger charge is 2.19. The SMILES string of the molecule is CCC1CCCCN1CCCNC(=S)Nc1cccc(N(C)S(C)(=O)=O)c1. The van der Waals surface area contributed by atoms with E-state index in [1.807, 2.05) is 12.1 Å². The number of likely N-dealkylation sites (tertiary alicyclic amines) is 1. The van der Waals surface area contributed by atoms with E-state index in [9.17, 15) is 8.42 Å². The second-order valence-electron chi connectivity index (χ2n) is 7.11. The van der Waals surface area contributed by atoms with Crippen LogP contribution in [0.4, 0.5) is 11.4 Å². The zero-order valence-corrected chi connectivity index (χ0v) is 18.2. The van der Waals surface area contributed by atoms with Gasteiger partial charge in [0.15, 0.2) is 5.11 Å². The fraction of sp³-hybridized carbons (Fsp3) is 0.632. The molecule has 0 aromatic heterocycles. The first kappa shape index (κ1) is 21.9. The normalized spacial score (nSPS) is 18.1. The molecule has 2 N–H and O–H groups in total. The van der Waals surface area contributed by atoms with Gasteiger partial charge in [0.2, 0.25) is 10.0 Å². The van der Waals surface area contributed by atoms with E-state index < -0.39 is 10.0 Å². The lowest BCUT2D eigenvalue weighted by Gasteiger charge is -2.35. The molecule has 1 aliphatic heterocycles. The summed E-state index contributed by atoms with van der Waals surface area (Å²) in [6.07, 6.45) is 7.45.